The highest BCUT2D eigenvalue weighted by molar-refractivity contribution is 5.04. The second kappa shape index (κ2) is 5.74. The van der Waals surface area contributed by atoms with Gasteiger partial charge in [-0.3, -0.25) is 4.98 Å². The van der Waals surface area contributed by atoms with Crippen LogP contribution < -0.4 is 0 Å². The highest BCUT2D eigenvalue weighted by Gasteiger charge is 2.06. The van der Waals surface area contributed by atoms with E-state index in [0.29, 0.717) is 0 Å². The summed E-state index contributed by atoms with van der Waals surface area (Å²) in [5.41, 5.74) is 1.24. The van der Waals surface area contributed by atoms with E-state index in [0.717, 1.165) is 12.3 Å². The van der Waals surface area contributed by atoms with Gasteiger partial charge in [0.1, 0.15) is 0 Å². The smallest absolute Gasteiger partial charge is 0.0406 e. The van der Waals surface area contributed by atoms with Crippen molar-refractivity contribution in [2.45, 2.75) is 39.5 Å². The summed E-state index contributed by atoms with van der Waals surface area (Å²) in [6.07, 6.45) is 6.90. The van der Waals surface area contributed by atoms with Gasteiger partial charge in [0.25, 0.3) is 0 Å². The lowest BCUT2D eigenvalue weighted by Crippen LogP contribution is -2.04. The highest BCUT2D eigenvalue weighted by Crippen LogP contribution is 2.15. The molecule has 0 bridgehead atoms. The van der Waals surface area contributed by atoms with Crippen LogP contribution in [0.2, 0.25) is 0 Å². The minimum absolute atomic E-state index is 0.819. The third-order valence-electron chi connectivity index (χ3n) is 2.50. The van der Waals surface area contributed by atoms with E-state index in [4.69, 9.17) is 0 Å². The Morgan fingerprint density at radius 2 is 2.15 bits per heavy atom. The van der Waals surface area contributed by atoms with E-state index >= 15 is 0 Å². The lowest BCUT2D eigenvalue weighted by molar-refractivity contribution is 0.457. The maximum absolute atomic E-state index is 4.35. The van der Waals surface area contributed by atoms with Crippen LogP contribution in [0.5, 0.6) is 0 Å². The maximum Gasteiger partial charge on any atom is 0.0406 e. The molecule has 0 spiro atoms. The molecule has 0 aromatic carbocycles. The summed E-state index contributed by atoms with van der Waals surface area (Å²) in [5, 5.41) is 0. The molecular weight excluding hydrogens is 158 g/mol. The molecule has 0 saturated heterocycles. The fourth-order valence-electron chi connectivity index (χ4n) is 1.67. The zero-order valence-corrected chi connectivity index (χ0v) is 8.66. The van der Waals surface area contributed by atoms with Crippen LogP contribution in [0.4, 0.5) is 0 Å². The van der Waals surface area contributed by atoms with Crippen molar-refractivity contribution in [2.24, 2.45) is 5.92 Å². The number of pyridine rings is 1. The number of aromatic nitrogens is 1. The van der Waals surface area contributed by atoms with Gasteiger partial charge in [0, 0.05) is 11.9 Å². The van der Waals surface area contributed by atoms with Crippen molar-refractivity contribution in [2.75, 3.05) is 0 Å². The molecule has 0 aliphatic carbocycles. The first-order valence-electron chi connectivity index (χ1n) is 5.26. The zero-order chi connectivity index (χ0) is 9.52. The Balaban J connectivity index is 2.46. The van der Waals surface area contributed by atoms with Crippen molar-refractivity contribution < 1.29 is 0 Å². The van der Waals surface area contributed by atoms with Gasteiger partial charge in [0.05, 0.1) is 0 Å². The monoisotopic (exact) mass is 177 g/mol. The van der Waals surface area contributed by atoms with Crippen molar-refractivity contribution >= 4 is 0 Å². The predicted octanol–water partition coefficient (Wildman–Crippen LogP) is 3.45. The summed E-state index contributed by atoms with van der Waals surface area (Å²) in [5.74, 6) is 0.819. The zero-order valence-electron chi connectivity index (χ0n) is 8.66. The molecule has 0 saturated carbocycles. The minimum Gasteiger partial charge on any atom is -0.261 e. The third-order valence-corrected chi connectivity index (χ3v) is 2.50. The topological polar surface area (TPSA) is 12.9 Å². The van der Waals surface area contributed by atoms with E-state index in [-0.39, 0.29) is 0 Å². The van der Waals surface area contributed by atoms with Gasteiger partial charge in [-0.1, -0.05) is 39.2 Å². The fourth-order valence-corrected chi connectivity index (χ4v) is 1.67. The van der Waals surface area contributed by atoms with Gasteiger partial charge in [-0.05, 0) is 24.5 Å². The van der Waals surface area contributed by atoms with Gasteiger partial charge in [0.15, 0.2) is 0 Å². The second-order valence-electron chi connectivity index (χ2n) is 3.59. The van der Waals surface area contributed by atoms with Crippen LogP contribution in [0.15, 0.2) is 24.4 Å². The molecule has 1 aromatic heterocycles. The number of nitrogens with zero attached hydrogens (tertiary/aromatic N) is 1. The quantitative estimate of drug-likeness (QED) is 0.671. The van der Waals surface area contributed by atoms with Crippen LogP contribution in [0.1, 0.15) is 38.8 Å². The fraction of sp³-hybridized carbons (Fsp3) is 0.583. The molecule has 1 rings (SSSR count). The largest absolute Gasteiger partial charge is 0.261 e. The Kier molecular flexibility index (Phi) is 4.52. The van der Waals surface area contributed by atoms with Gasteiger partial charge >= 0.3 is 0 Å². The van der Waals surface area contributed by atoms with Crippen LogP contribution in [0.25, 0.3) is 0 Å². The molecule has 0 aliphatic rings. The molecule has 1 nitrogen and oxygen atoms in total. The van der Waals surface area contributed by atoms with Gasteiger partial charge in [-0.15, -0.1) is 0 Å². The van der Waals surface area contributed by atoms with Crippen molar-refractivity contribution in [3.05, 3.63) is 30.1 Å². The first-order chi connectivity index (χ1) is 6.36. The van der Waals surface area contributed by atoms with Crippen LogP contribution in [0.3, 0.4) is 0 Å². The Labute approximate surface area is 81.2 Å². The first kappa shape index (κ1) is 10.2. The number of hydrogen-bond donors (Lipinski definition) is 0. The SMILES string of the molecule is CCCC(CC)Cc1ccccn1. The Hall–Kier alpha value is -0.850. The molecule has 1 unspecified atom stereocenters. The summed E-state index contributed by atoms with van der Waals surface area (Å²) in [6, 6.07) is 6.17. The van der Waals surface area contributed by atoms with Crippen LogP contribution >= 0.6 is 0 Å². The van der Waals surface area contributed by atoms with Crippen molar-refractivity contribution in [3.8, 4) is 0 Å². The Morgan fingerprint density at radius 3 is 2.69 bits per heavy atom. The molecular formula is C12H19N. The summed E-state index contributed by atoms with van der Waals surface area (Å²) in [6.45, 7) is 4.52. The standard InChI is InChI=1S/C12H19N/c1-3-7-11(4-2)10-12-8-5-6-9-13-12/h5-6,8-9,11H,3-4,7,10H2,1-2H3. The molecule has 1 aromatic rings. The highest BCUT2D eigenvalue weighted by atomic mass is 14.7. The van der Waals surface area contributed by atoms with E-state index in [9.17, 15) is 0 Å². The molecule has 1 heteroatoms. The molecule has 13 heavy (non-hydrogen) atoms. The summed E-state index contributed by atoms with van der Waals surface area (Å²) in [7, 11) is 0. The van der Waals surface area contributed by atoms with E-state index < -0.39 is 0 Å². The van der Waals surface area contributed by atoms with E-state index in [1.165, 1.54) is 25.0 Å². The third kappa shape index (κ3) is 3.58. The normalized spacial score (nSPS) is 12.8. The Morgan fingerprint density at radius 1 is 1.31 bits per heavy atom. The number of rotatable bonds is 5. The van der Waals surface area contributed by atoms with Crippen molar-refractivity contribution in [1.82, 2.24) is 4.98 Å². The average Bonchev–Trinajstić information content (AvgIpc) is 2.19. The van der Waals surface area contributed by atoms with Gasteiger partial charge < -0.3 is 0 Å². The molecule has 0 radical (unpaired) electrons. The predicted molar refractivity (Wildman–Crippen MR) is 56.6 cm³/mol. The van der Waals surface area contributed by atoms with E-state index in [1.54, 1.807) is 0 Å². The maximum atomic E-state index is 4.35. The summed E-state index contributed by atoms with van der Waals surface area (Å²) < 4.78 is 0. The molecule has 72 valence electrons. The summed E-state index contributed by atoms with van der Waals surface area (Å²) >= 11 is 0. The van der Waals surface area contributed by atoms with Crippen molar-refractivity contribution in [1.29, 1.82) is 0 Å². The van der Waals surface area contributed by atoms with E-state index in [2.05, 4.69) is 31.0 Å². The lowest BCUT2D eigenvalue weighted by atomic mass is 9.95. The van der Waals surface area contributed by atoms with Gasteiger partial charge in [0.2, 0.25) is 0 Å². The Bertz CT molecular complexity index is 218. The molecule has 1 heterocycles. The minimum atomic E-state index is 0.819. The lowest BCUT2D eigenvalue weighted by Gasteiger charge is -2.12. The van der Waals surface area contributed by atoms with Crippen LogP contribution in [-0.2, 0) is 6.42 Å². The van der Waals surface area contributed by atoms with Gasteiger partial charge in [-0.2, -0.15) is 0 Å². The van der Waals surface area contributed by atoms with Crippen molar-refractivity contribution in [3.63, 3.8) is 0 Å². The molecule has 0 aliphatic heterocycles. The second-order valence-corrected chi connectivity index (χ2v) is 3.59. The van der Waals surface area contributed by atoms with Gasteiger partial charge in [-0.25, -0.2) is 0 Å². The average molecular weight is 177 g/mol. The van der Waals surface area contributed by atoms with Crippen LogP contribution in [-0.4, -0.2) is 4.98 Å². The molecule has 0 fully saturated rings. The first-order valence-corrected chi connectivity index (χ1v) is 5.26. The van der Waals surface area contributed by atoms with Crippen LogP contribution in [0, 0.1) is 5.92 Å². The molecule has 0 N–H and O–H groups in total. The summed E-state index contributed by atoms with van der Waals surface area (Å²) in [4.78, 5) is 4.35. The number of hydrogen-bond acceptors (Lipinski definition) is 1. The molecule has 0 amide bonds. The van der Waals surface area contributed by atoms with E-state index in [1.807, 2.05) is 12.3 Å². The molecule has 1 atom stereocenters.